The molecule has 0 saturated carbocycles. The van der Waals surface area contributed by atoms with Crippen LogP contribution in [0.3, 0.4) is 0 Å². The molecule has 2 aromatic rings. The number of nitrogens with zero attached hydrogens (tertiary/aromatic N) is 1. The number of pyridine rings is 1. The molecule has 2 rings (SSSR count). The number of anilines is 1. The van der Waals surface area contributed by atoms with E-state index in [1.165, 1.54) is 0 Å². The molecule has 1 aromatic carbocycles. The number of rotatable bonds is 2. The van der Waals surface area contributed by atoms with E-state index in [1.807, 2.05) is 24.3 Å². The van der Waals surface area contributed by atoms with Gasteiger partial charge in [0, 0.05) is 23.2 Å². The highest BCUT2D eigenvalue weighted by Gasteiger charge is 2.02. The summed E-state index contributed by atoms with van der Waals surface area (Å²) in [5.41, 5.74) is 1.97. The van der Waals surface area contributed by atoms with Crippen molar-refractivity contribution in [1.29, 1.82) is 0 Å². The van der Waals surface area contributed by atoms with E-state index in [0.29, 0.717) is 0 Å². The van der Waals surface area contributed by atoms with E-state index < -0.39 is 0 Å². The fourth-order valence-electron chi connectivity index (χ4n) is 1.48. The van der Waals surface area contributed by atoms with Gasteiger partial charge in [-0.3, -0.25) is 4.98 Å². The Morgan fingerprint density at radius 1 is 1.43 bits per heavy atom. The average Bonchev–Trinajstić information content (AvgIpc) is 2.18. The zero-order chi connectivity index (χ0) is 9.97. The lowest BCUT2D eigenvalue weighted by Crippen LogP contribution is -1.98. The van der Waals surface area contributed by atoms with Gasteiger partial charge in [0.05, 0.1) is 11.2 Å². The van der Waals surface area contributed by atoms with Gasteiger partial charge in [-0.15, -0.1) is 0 Å². The van der Waals surface area contributed by atoms with Gasteiger partial charge >= 0.3 is 0 Å². The van der Waals surface area contributed by atoms with Crippen molar-refractivity contribution in [1.82, 2.24) is 4.98 Å². The first-order valence-corrected chi connectivity index (χ1v) is 4.97. The molecule has 0 aliphatic carbocycles. The van der Waals surface area contributed by atoms with Gasteiger partial charge < -0.3 is 5.32 Å². The molecule has 14 heavy (non-hydrogen) atoms. The molecule has 0 fully saturated rings. The lowest BCUT2D eigenvalue weighted by atomic mass is 10.2. The van der Waals surface area contributed by atoms with Gasteiger partial charge in [-0.05, 0) is 25.1 Å². The van der Waals surface area contributed by atoms with Crippen LogP contribution in [0.1, 0.15) is 6.92 Å². The largest absolute Gasteiger partial charge is 0.384 e. The highest BCUT2D eigenvalue weighted by molar-refractivity contribution is 6.31. The van der Waals surface area contributed by atoms with Gasteiger partial charge in [-0.25, -0.2) is 0 Å². The van der Waals surface area contributed by atoms with E-state index in [0.717, 1.165) is 28.2 Å². The van der Waals surface area contributed by atoms with Crippen LogP contribution in [-0.2, 0) is 0 Å². The van der Waals surface area contributed by atoms with Crippen LogP contribution < -0.4 is 5.32 Å². The molecule has 72 valence electrons. The molecule has 1 N–H and O–H groups in total. The highest BCUT2D eigenvalue weighted by Crippen LogP contribution is 2.25. The van der Waals surface area contributed by atoms with Gasteiger partial charge in [0.1, 0.15) is 0 Å². The average molecular weight is 207 g/mol. The summed E-state index contributed by atoms with van der Waals surface area (Å²) in [7, 11) is 0. The van der Waals surface area contributed by atoms with Crippen LogP contribution in [0.4, 0.5) is 5.69 Å². The molecule has 2 nitrogen and oxygen atoms in total. The topological polar surface area (TPSA) is 24.9 Å². The van der Waals surface area contributed by atoms with E-state index >= 15 is 0 Å². The second kappa shape index (κ2) is 3.84. The Bertz CT molecular complexity index is 454. The maximum atomic E-state index is 5.99. The van der Waals surface area contributed by atoms with Crippen molar-refractivity contribution in [3.63, 3.8) is 0 Å². The zero-order valence-electron chi connectivity index (χ0n) is 7.92. The van der Waals surface area contributed by atoms with Crippen LogP contribution >= 0.6 is 11.6 Å². The van der Waals surface area contributed by atoms with Gasteiger partial charge in [-0.1, -0.05) is 17.7 Å². The minimum absolute atomic E-state index is 0.737. The van der Waals surface area contributed by atoms with Crippen LogP contribution in [0.25, 0.3) is 10.9 Å². The Kier molecular flexibility index (Phi) is 2.55. The van der Waals surface area contributed by atoms with Crippen LogP contribution in [0, 0.1) is 0 Å². The van der Waals surface area contributed by atoms with Crippen molar-refractivity contribution in [2.45, 2.75) is 6.92 Å². The normalized spacial score (nSPS) is 10.4. The summed E-state index contributed by atoms with van der Waals surface area (Å²) in [6, 6.07) is 7.74. The molecule has 1 heterocycles. The maximum absolute atomic E-state index is 5.99. The van der Waals surface area contributed by atoms with Crippen LogP contribution in [-0.4, -0.2) is 11.5 Å². The summed E-state index contributed by atoms with van der Waals surface area (Å²) < 4.78 is 0. The number of fused-ring (bicyclic) bond motifs is 1. The standard InChI is InChI=1S/C11H11ClN2/c1-2-13-10-7-9(12)6-8-4-3-5-14-11(8)10/h3-7,13H,2H2,1H3. The van der Waals surface area contributed by atoms with Crippen molar-refractivity contribution in [2.75, 3.05) is 11.9 Å². The lowest BCUT2D eigenvalue weighted by Gasteiger charge is -2.07. The Morgan fingerprint density at radius 2 is 2.29 bits per heavy atom. The number of hydrogen-bond donors (Lipinski definition) is 1. The van der Waals surface area contributed by atoms with Gasteiger partial charge in [0.2, 0.25) is 0 Å². The Balaban J connectivity index is 2.67. The fourth-order valence-corrected chi connectivity index (χ4v) is 1.71. The van der Waals surface area contributed by atoms with Crippen LogP contribution in [0.5, 0.6) is 0 Å². The Morgan fingerprint density at radius 3 is 3.07 bits per heavy atom. The van der Waals surface area contributed by atoms with E-state index in [2.05, 4.69) is 17.2 Å². The summed E-state index contributed by atoms with van der Waals surface area (Å²) in [6.45, 7) is 2.92. The first kappa shape index (κ1) is 9.28. The predicted molar refractivity (Wildman–Crippen MR) is 60.9 cm³/mol. The maximum Gasteiger partial charge on any atom is 0.0934 e. The quantitative estimate of drug-likeness (QED) is 0.816. The van der Waals surface area contributed by atoms with E-state index in [9.17, 15) is 0 Å². The molecule has 0 unspecified atom stereocenters. The second-order valence-electron chi connectivity index (χ2n) is 3.06. The lowest BCUT2D eigenvalue weighted by molar-refractivity contribution is 1.21. The van der Waals surface area contributed by atoms with Crippen LogP contribution in [0.15, 0.2) is 30.5 Å². The first-order valence-electron chi connectivity index (χ1n) is 4.59. The predicted octanol–water partition coefficient (Wildman–Crippen LogP) is 3.32. The van der Waals surface area contributed by atoms with Crippen molar-refractivity contribution >= 4 is 28.2 Å². The third kappa shape index (κ3) is 1.66. The second-order valence-corrected chi connectivity index (χ2v) is 3.50. The summed E-state index contributed by atoms with van der Waals surface area (Å²) in [4.78, 5) is 4.32. The molecule has 0 aliphatic rings. The summed E-state index contributed by atoms with van der Waals surface area (Å²) in [6.07, 6.45) is 1.79. The van der Waals surface area contributed by atoms with Crippen molar-refractivity contribution in [2.24, 2.45) is 0 Å². The summed E-state index contributed by atoms with van der Waals surface area (Å²) >= 11 is 5.99. The van der Waals surface area contributed by atoms with Crippen LogP contribution in [0.2, 0.25) is 5.02 Å². The van der Waals surface area contributed by atoms with E-state index in [1.54, 1.807) is 6.20 Å². The minimum atomic E-state index is 0.737. The fraction of sp³-hybridized carbons (Fsp3) is 0.182. The van der Waals surface area contributed by atoms with Crippen molar-refractivity contribution in [3.8, 4) is 0 Å². The van der Waals surface area contributed by atoms with Gasteiger partial charge in [-0.2, -0.15) is 0 Å². The molecule has 0 aliphatic heterocycles. The van der Waals surface area contributed by atoms with Crippen molar-refractivity contribution in [3.05, 3.63) is 35.5 Å². The molecule has 3 heteroatoms. The molecular weight excluding hydrogens is 196 g/mol. The number of hydrogen-bond acceptors (Lipinski definition) is 2. The third-order valence-electron chi connectivity index (χ3n) is 2.04. The third-order valence-corrected chi connectivity index (χ3v) is 2.26. The first-order chi connectivity index (χ1) is 6.81. The number of halogens is 1. The number of aromatic nitrogens is 1. The smallest absolute Gasteiger partial charge is 0.0934 e. The minimum Gasteiger partial charge on any atom is -0.384 e. The molecule has 0 saturated heterocycles. The monoisotopic (exact) mass is 206 g/mol. The SMILES string of the molecule is CCNc1cc(Cl)cc2cccnc12. The molecule has 0 spiro atoms. The molecule has 0 atom stereocenters. The molecule has 0 amide bonds. The molecular formula is C11H11ClN2. The number of benzene rings is 1. The zero-order valence-corrected chi connectivity index (χ0v) is 8.67. The Hall–Kier alpha value is -1.28. The Labute approximate surface area is 87.9 Å². The summed E-state index contributed by atoms with van der Waals surface area (Å²) in [5.74, 6) is 0. The van der Waals surface area contributed by atoms with Gasteiger partial charge in [0.15, 0.2) is 0 Å². The molecule has 0 bridgehead atoms. The van der Waals surface area contributed by atoms with E-state index in [-0.39, 0.29) is 0 Å². The van der Waals surface area contributed by atoms with Gasteiger partial charge in [0.25, 0.3) is 0 Å². The molecule has 0 radical (unpaired) electrons. The number of nitrogens with one attached hydrogen (secondary N) is 1. The van der Waals surface area contributed by atoms with E-state index in [4.69, 9.17) is 11.6 Å². The summed E-state index contributed by atoms with van der Waals surface area (Å²) in [5, 5.41) is 5.05. The highest BCUT2D eigenvalue weighted by atomic mass is 35.5. The molecule has 1 aromatic heterocycles. The van der Waals surface area contributed by atoms with Crippen molar-refractivity contribution < 1.29 is 0 Å².